The van der Waals surface area contributed by atoms with E-state index in [1.165, 1.54) is 0 Å². The number of aromatic nitrogens is 3. The van der Waals surface area contributed by atoms with Crippen LogP contribution in [0.5, 0.6) is 0 Å². The topological polar surface area (TPSA) is 99.1 Å². The predicted molar refractivity (Wildman–Crippen MR) is 66.7 cm³/mol. The van der Waals surface area contributed by atoms with Crippen molar-refractivity contribution in [3.63, 3.8) is 0 Å². The highest BCUT2D eigenvalue weighted by molar-refractivity contribution is 6.05. The van der Waals surface area contributed by atoms with E-state index in [1.807, 2.05) is 24.3 Å². The molecule has 5 nitrogen and oxygen atoms in total. The lowest BCUT2D eigenvalue weighted by Gasteiger charge is -1.99. The molecule has 0 radical (unpaired) electrons. The van der Waals surface area contributed by atoms with Gasteiger partial charge in [0.1, 0.15) is 5.52 Å². The van der Waals surface area contributed by atoms with E-state index in [9.17, 15) is 0 Å². The average Bonchev–Trinajstić information content (AvgIpc) is 2.67. The molecule has 84 valence electrons. The van der Waals surface area contributed by atoms with Crippen molar-refractivity contribution in [2.75, 3.05) is 5.73 Å². The van der Waals surface area contributed by atoms with E-state index in [-0.39, 0.29) is 17.9 Å². The third-order valence-electron chi connectivity index (χ3n) is 2.30. The summed E-state index contributed by atoms with van der Waals surface area (Å²) in [5, 5.41) is 1.05. The number of anilines is 1. The van der Waals surface area contributed by atoms with Gasteiger partial charge in [-0.15, -0.1) is 12.4 Å². The molecule has 2 aromatic heterocycles. The molecule has 5 N–H and O–H groups in total. The summed E-state index contributed by atoms with van der Waals surface area (Å²) >= 11 is 0. The minimum Gasteiger partial charge on any atom is -0.412 e. The molecule has 2 heterocycles. The van der Waals surface area contributed by atoms with Gasteiger partial charge < -0.3 is 16.2 Å². The number of aromatic amines is 1. The Kier molecular flexibility index (Phi) is 3.31. The number of nitrogens with zero attached hydrogens (tertiary/aromatic N) is 2. The predicted octanol–water partition coefficient (Wildman–Crippen LogP) is 1.29. The first kappa shape index (κ1) is 12.2. The number of hydrogen-bond donors (Lipinski definition) is 2. The third-order valence-corrected chi connectivity index (χ3v) is 2.30. The zero-order valence-electron chi connectivity index (χ0n) is 8.27. The number of para-hydroxylation sites is 1. The Hall–Kier alpha value is -1.85. The molecular weight excluding hydrogens is 228 g/mol. The molecule has 16 heavy (non-hydrogen) atoms. The van der Waals surface area contributed by atoms with Crippen molar-refractivity contribution in [3.8, 4) is 0 Å². The van der Waals surface area contributed by atoms with Crippen LogP contribution in [0.2, 0.25) is 0 Å². The molecule has 0 aliphatic heterocycles. The summed E-state index contributed by atoms with van der Waals surface area (Å²) in [5.74, 6) is 0.472. The Bertz CT molecular complexity index is 622. The Balaban J connectivity index is 0.000000640. The van der Waals surface area contributed by atoms with Gasteiger partial charge in [-0.25, -0.2) is 9.97 Å². The van der Waals surface area contributed by atoms with Gasteiger partial charge in [-0.1, -0.05) is 18.2 Å². The van der Waals surface area contributed by atoms with Crippen molar-refractivity contribution in [1.82, 2.24) is 15.0 Å². The van der Waals surface area contributed by atoms with Crippen LogP contribution in [0.15, 0.2) is 30.6 Å². The summed E-state index contributed by atoms with van der Waals surface area (Å²) in [6, 6.07) is 7.85. The highest BCUT2D eigenvalue weighted by atomic mass is 35.5. The number of nitrogens with two attached hydrogens (primary N) is 1. The smallest absolute Gasteiger partial charge is 0.152 e. The zero-order chi connectivity index (χ0) is 9.54. The lowest BCUT2D eigenvalue weighted by atomic mass is 10.2. The van der Waals surface area contributed by atoms with Crippen LogP contribution in [0.4, 0.5) is 5.82 Å². The minimum atomic E-state index is 0. The monoisotopic (exact) mass is 238 g/mol. The van der Waals surface area contributed by atoms with E-state index < -0.39 is 0 Å². The van der Waals surface area contributed by atoms with Gasteiger partial charge in [0, 0.05) is 5.39 Å². The fourth-order valence-electron chi connectivity index (χ4n) is 1.66. The molecule has 0 aliphatic rings. The number of hydrogen-bond acceptors (Lipinski definition) is 3. The lowest BCUT2D eigenvalue weighted by Crippen LogP contribution is -1.92. The number of pyridine rings is 1. The molecule has 3 rings (SSSR count). The molecular formula is C10H11ClN4O. The molecule has 0 saturated heterocycles. The van der Waals surface area contributed by atoms with E-state index in [1.54, 1.807) is 6.33 Å². The van der Waals surface area contributed by atoms with E-state index in [2.05, 4.69) is 15.0 Å². The molecule has 0 amide bonds. The lowest BCUT2D eigenvalue weighted by molar-refractivity contribution is 0.824. The summed E-state index contributed by atoms with van der Waals surface area (Å²) < 4.78 is 0. The van der Waals surface area contributed by atoms with Crippen molar-refractivity contribution in [2.24, 2.45) is 0 Å². The number of nitrogens with one attached hydrogen (secondary N) is 1. The second kappa shape index (κ2) is 4.34. The van der Waals surface area contributed by atoms with Gasteiger partial charge in [-0.05, 0) is 6.07 Å². The van der Waals surface area contributed by atoms with Gasteiger partial charge in [0.2, 0.25) is 0 Å². The van der Waals surface area contributed by atoms with Crippen LogP contribution in [-0.4, -0.2) is 20.4 Å². The SMILES string of the molecule is Cl.Nc1nc2ccccc2c2[nH]cnc12.O. The average molecular weight is 239 g/mol. The largest absolute Gasteiger partial charge is 0.412 e. The number of fused-ring (bicyclic) bond motifs is 3. The molecule has 0 aliphatic carbocycles. The Morgan fingerprint density at radius 1 is 1.19 bits per heavy atom. The van der Waals surface area contributed by atoms with Gasteiger partial charge in [0.05, 0.1) is 17.4 Å². The third kappa shape index (κ3) is 1.56. The van der Waals surface area contributed by atoms with Gasteiger partial charge in [-0.3, -0.25) is 0 Å². The first-order valence-corrected chi connectivity index (χ1v) is 4.33. The molecule has 0 atom stereocenters. The maximum atomic E-state index is 5.77. The number of imidazole rings is 1. The fraction of sp³-hybridized carbons (Fsp3) is 0. The minimum absolute atomic E-state index is 0. The summed E-state index contributed by atoms with van der Waals surface area (Å²) in [5.41, 5.74) is 8.36. The second-order valence-corrected chi connectivity index (χ2v) is 3.14. The summed E-state index contributed by atoms with van der Waals surface area (Å²) in [6.07, 6.45) is 1.63. The van der Waals surface area contributed by atoms with Crippen molar-refractivity contribution in [2.45, 2.75) is 0 Å². The number of benzene rings is 1. The molecule has 6 heteroatoms. The highest BCUT2D eigenvalue weighted by Gasteiger charge is 2.06. The number of halogens is 1. The molecule has 0 fully saturated rings. The van der Waals surface area contributed by atoms with Gasteiger partial charge in [0.25, 0.3) is 0 Å². The van der Waals surface area contributed by atoms with Crippen LogP contribution in [0.3, 0.4) is 0 Å². The summed E-state index contributed by atoms with van der Waals surface area (Å²) in [4.78, 5) is 11.5. The highest BCUT2D eigenvalue weighted by Crippen LogP contribution is 2.24. The first-order valence-electron chi connectivity index (χ1n) is 4.33. The zero-order valence-corrected chi connectivity index (χ0v) is 9.08. The van der Waals surface area contributed by atoms with Crippen molar-refractivity contribution in [1.29, 1.82) is 0 Å². The van der Waals surface area contributed by atoms with Crippen LogP contribution in [0.25, 0.3) is 21.9 Å². The molecule has 1 aromatic carbocycles. The van der Waals surface area contributed by atoms with Crippen LogP contribution in [0, 0.1) is 0 Å². The summed E-state index contributed by atoms with van der Waals surface area (Å²) in [6.45, 7) is 0. The second-order valence-electron chi connectivity index (χ2n) is 3.14. The number of nitrogen functional groups attached to an aromatic ring is 1. The van der Waals surface area contributed by atoms with Gasteiger partial charge in [0.15, 0.2) is 5.82 Å². The molecule has 0 unspecified atom stereocenters. The van der Waals surface area contributed by atoms with Crippen molar-refractivity contribution in [3.05, 3.63) is 30.6 Å². The van der Waals surface area contributed by atoms with Crippen LogP contribution < -0.4 is 5.73 Å². The maximum Gasteiger partial charge on any atom is 0.152 e. The molecule has 0 saturated carbocycles. The normalized spacial score (nSPS) is 9.75. The van der Waals surface area contributed by atoms with Crippen molar-refractivity contribution >= 4 is 40.2 Å². The van der Waals surface area contributed by atoms with Crippen LogP contribution >= 0.6 is 12.4 Å². The Morgan fingerprint density at radius 2 is 1.94 bits per heavy atom. The number of H-pyrrole nitrogens is 1. The van der Waals surface area contributed by atoms with Crippen molar-refractivity contribution < 1.29 is 5.48 Å². The molecule has 3 aromatic rings. The molecule has 0 bridgehead atoms. The van der Waals surface area contributed by atoms with Crippen LogP contribution in [-0.2, 0) is 0 Å². The van der Waals surface area contributed by atoms with Crippen LogP contribution in [0.1, 0.15) is 0 Å². The van der Waals surface area contributed by atoms with E-state index in [0.29, 0.717) is 5.82 Å². The van der Waals surface area contributed by atoms with Gasteiger partial charge in [-0.2, -0.15) is 0 Å². The van der Waals surface area contributed by atoms with Gasteiger partial charge >= 0.3 is 0 Å². The Morgan fingerprint density at radius 3 is 2.75 bits per heavy atom. The molecule has 0 spiro atoms. The van der Waals surface area contributed by atoms with E-state index in [4.69, 9.17) is 5.73 Å². The quantitative estimate of drug-likeness (QED) is 0.617. The summed E-state index contributed by atoms with van der Waals surface area (Å²) in [7, 11) is 0. The first-order chi connectivity index (χ1) is 6.86. The Labute approximate surface area is 97.4 Å². The maximum absolute atomic E-state index is 5.77. The number of rotatable bonds is 0. The standard InChI is InChI=1S/C10H8N4.ClH.H2O/c11-10-9-8(12-5-13-9)6-3-1-2-4-7(6)14-10;;/h1-5H,(H2,11,14)(H,12,13);1H;1H2. The van der Waals surface area contributed by atoms with E-state index in [0.717, 1.165) is 21.9 Å². The van der Waals surface area contributed by atoms with E-state index >= 15 is 0 Å². The fourth-order valence-corrected chi connectivity index (χ4v) is 1.66.